The highest BCUT2D eigenvalue weighted by molar-refractivity contribution is 9.10. The van der Waals surface area contributed by atoms with Crippen molar-refractivity contribution in [2.24, 2.45) is 0 Å². The van der Waals surface area contributed by atoms with Crippen molar-refractivity contribution in [2.45, 2.75) is 19.4 Å². The fourth-order valence-corrected chi connectivity index (χ4v) is 4.51. The maximum absolute atomic E-state index is 12.1. The van der Waals surface area contributed by atoms with Crippen LogP contribution < -0.4 is 5.32 Å². The first-order valence-electron chi connectivity index (χ1n) is 6.89. The minimum Gasteiger partial charge on any atom is -0.325 e. The molecule has 1 fully saturated rings. The van der Waals surface area contributed by atoms with E-state index in [1.165, 1.54) is 0 Å². The molecule has 0 radical (unpaired) electrons. The lowest BCUT2D eigenvalue weighted by Gasteiger charge is -2.25. The summed E-state index contributed by atoms with van der Waals surface area (Å²) >= 11 is 3.34. The minimum absolute atomic E-state index is 0.0457. The van der Waals surface area contributed by atoms with Crippen molar-refractivity contribution in [2.75, 3.05) is 29.9 Å². The van der Waals surface area contributed by atoms with E-state index in [0.29, 0.717) is 13.0 Å². The number of likely N-dealkylation sites (N-methyl/N-ethyl adjacent to an activating group) is 1. The molecule has 1 atom stereocenters. The summed E-state index contributed by atoms with van der Waals surface area (Å²) < 4.78 is 24.0. The van der Waals surface area contributed by atoms with Crippen molar-refractivity contribution in [3.63, 3.8) is 0 Å². The van der Waals surface area contributed by atoms with Crippen molar-refractivity contribution < 1.29 is 13.2 Å². The summed E-state index contributed by atoms with van der Waals surface area (Å²) in [7, 11) is -2.93. The van der Waals surface area contributed by atoms with Gasteiger partial charge < -0.3 is 5.32 Å². The number of hydrogen-bond acceptors (Lipinski definition) is 4. The number of rotatable bonds is 5. The average Bonchev–Trinajstić information content (AvgIpc) is 2.79. The second-order valence-electron chi connectivity index (χ2n) is 5.18. The molecule has 1 amide bonds. The van der Waals surface area contributed by atoms with E-state index in [-0.39, 0.29) is 30.0 Å². The van der Waals surface area contributed by atoms with Crippen LogP contribution in [0.2, 0.25) is 0 Å². The summed E-state index contributed by atoms with van der Waals surface area (Å²) in [6, 6.07) is 7.31. The Morgan fingerprint density at radius 2 is 2.05 bits per heavy atom. The van der Waals surface area contributed by atoms with Gasteiger partial charge in [0, 0.05) is 16.2 Å². The Morgan fingerprint density at radius 1 is 1.38 bits per heavy atom. The molecule has 0 aliphatic carbocycles. The van der Waals surface area contributed by atoms with Crippen LogP contribution >= 0.6 is 15.9 Å². The monoisotopic (exact) mass is 374 g/mol. The van der Waals surface area contributed by atoms with Gasteiger partial charge in [-0.2, -0.15) is 0 Å². The molecule has 1 N–H and O–H groups in total. The van der Waals surface area contributed by atoms with Crippen LogP contribution in [0.15, 0.2) is 28.7 Å². The second kappa shape index (κ2) is 6.89. The van der Waals surface area contributed by atoms with Gasteiger partial charge in [-0.15, -0.1) is 0 Å². The average molecular weight is 375 g/mol. The Balaban J connectivity index is 1.92. The molecule has 1 aromatic carbocycles. The van der Waals surface area contributed by atoms with Crippen LogP contribution in [0.4, 0.5) is 5.69 Å². The smallest absolute Gasteiger partial charge is 0.238 e. The number of carbonyl (C=O) groups is 1. The first kappa shape index (κ1) is 16.5. The third-order valence-electron chi connectivity index (χ3n) is 3.61. The van der Waals surface area contributed by atoms with Gasteiger partial charge in [0.25, 0.3) is 0 Å². The van der Waals surface area contributed by atoms with Gasteiger partial charge in [0.2, 0.25) is 5.91 Å². The number of halogens is 1. The number of nitrogens with zero attached hydrogens (tertiary/aromatic N) is 1. The van der Waals surface area contributed by atoms with Gasteiger partial charge in [-0.1, -0.05) is 22.9 Å². The second-order valence-corrected chi connectivity index (χ2v) is 8.32. The summed E-state index contributed by atoms with van der Waals surface area (Å²) in [6.45, 7) is 2.82. The minimum atomic E-state index is -2.93. The van der Waals surface area contributed by atoms with E-state index in [1.54, 1.807) is 0 Å². The molecular formula is C14H19BrN2O3S. The molecule has 0 saturated carbocycles. The van der Waals surface area contributed by atoms with E-state index < -0.39 is 9.84 Å². The Labute approximate surface area is 133 Å². The molecule has 116 valence electrons. The molecule has 0 bridgehead atoms. The highest BCUT2D eigenvalue weighted by Gasteiger charge is 2.32. The molecule has 1 heterocycles. The highest BCUT2D eigenvalue weighted by Crippen LogP contribution is 2.18. The number of hydrogen-bond donors (Lipinski definition) is 1. The lowest BCUT2D eigenvalue weighted by Crippen LogP contribution is -2.41. The Morgan fingerprint density at radius 3 is 2.57 bits per heavy atom. The molecule has 1 saturated heterocycles. The van der Waals surface area contributed by atoms with Crippen molar-refractivity contribution >= 4 is 37.4 Å². The standard InChI is InChI=1S/C14H19BrN2O3S/c1-2-17(13-7-8-21(19,20)10-13)9-14(18)16-12-5-3-11(15)4-6-12/h3-6,13H,2,7-10H2,1H3,(H,16,18). The van der Waals surface area contributed by atoms with Crippen LogP contribution in [-0.4, -0.2) is 49.9 Å². The zero-order valence-corrected chi connectivity index (χ0v) is 14.3. The lowest BCUT2D eigenvalue weighted by atomic mass is 10.2. The molecule has 5 nitrogen and oxygen atoms in total. The van der Waals surface area contributed by atoms with E-state index in [1.807, 2.05) is 36.1 Å². The topological polar surface area (TPSA) is 66.5 Å². The number of sulfone groups is 1. The first-order valence-corrected chi connectivity index (χ1v) is 9.51. The molecule has 21 heavy (non-hydrogen) atoms. The van der Waals surface area contributed by atoms with Crippen LogP contribution in [0.5, 0.6) is 0 Å². The zero-order chi connectivity index (χ0) is 15.5. The van der Waals surface area contributed by atoms with Crippen LogP contribution in [0, 0.1) is 0 Å². The SMILES string of the molecule is CCN(CC(=O)Nc1ccc(Br)cc1)C1CCS(=O)(=O)C1. The predicted octanol–water partition coefficient (Wildman–Crippen LogP) is 1.90. The third-order valence-corrected chi connectivity index (χ3v) is 5.88. The van der Waals surface area contributed by atoms with E-state index in [4.69, 9.17) is 0 Å². The van der Waals surface area contributed by atoms with Gasteiger partial charge in [-0.3, -0.25) is 9.69 Å². The summed E-state index contributed by atoms with van der Waals surface area (Å²) in [5, 5.41) is 2.83. The summed E-state index contributed by atoms with van der Waals surface area (Å²) in [5.41, 5.74) is 0.735. The number of amides is 1. The highest BCUT2D eigenvalue weighted by atomic mass is 79.9. The van der Waals surface area contributed by atoms with Crippen molar-refractivity contribution in [3.8, 4) is 0 Å². The van der Waals surface area contributed by atoms with Gasteiger partial charge in [-0.25, -0.2) is 8.42 Å². The maximum Gasteiger partial charge on any atom is 0.238 e. The predicted molar refractivity (Wildman–Crippen MR) is 87.1 cm³/mol. The van der Waals surface area contributed by atoms with E-state index in [9.17, 15) is 13.2 Å². The third kappa shape index (κ3) is 4.79. The number of carbonyl (C=O) groups excluding carboxylic acids is 1. The Kier molecular flexibility index (Phi) is 5.40. The number of nitrogens with one attached hydrogen (secondary N) is 1. The molecule has 1 aliphatic heterocycles. The van der Waals surface area contributed by atoms with Crippen LogP contribution in [-0.2, 0) is 14.6 Å². The van der Waals surface area contributed by atoms with E-state index in [0.717, 1.165) is 10.2 Å². The van der Waals surface area contributed by atoms with Gasteiger partial charge >= 0.3 is 0 Å². The summed E-state index contributed by atoms with van der Waals surface area (Å²) in [6.07, 6.45) is 0.613. The summed E-state index contributed by atoms with van der Waals surface area (Å²) in [4.78, 5) is 14.0. The normalized spacial score (nSPS) is 20.6. The molecule has 1 unspecified atom stereocenters. The van der Waals surface area contributed by atoms with Crippen molar-refractivity contribution in [1.29, 1.82) is 0 Å². The quantitative estimate of drug-likeness (QED) is 0.854. The maximum atomic E-state index is 12.1. The van der Waals surface area contributed by atoms with E-state index in [2.05, 4.69) is 21.2 Å². The fraction of sp³-hybridized carbons (Fsp3) is 0.500. The van der Waals surface area contributed by atoms with Gasteiger partial charge in [-0.05, 0) is 37.2 Å². The molecule has 1 aliphatic rings. The van der Waals surface area contributed by atoms with Crippen LogP contribution in [0.1, 0.15) is 13.3 Å². The van der Waals surface area contributed by atoms with Gasteiger partial charge in [0.1, 0.15) is 0 Å². The zero-order valence-electron chi connectivity index (χ0n) is 11.9. The lowest BCUT2D eigenvalue weighted by molar-refractivity contribution is -0.117. The first-order chi connectivity index (χ1) is 9.89. The molecule has 1 aromatic rings. The molecular weight excluding hydrogens is 356 g/mol. The van der Waals surface area contributed by atoms with Crippen LogP contribution in [0.25, 0.3) is 0 Å². The fourth-order valence-electron chi connectivity index (χ4n) is 2.48. The Hall–Kier alpha value is -0.920. The van der Waals surface area contributed by atoms with Crippen molar-refractivity contribution in [1.82, 2.24) is 4.90 Å². The van der Waals surface area contributed by atoms with Crippen LogP contribution in [0.3, 0.4) is 0 Å². The Bertz CT molecular complexity index is 601. The summed E-state index contributed by atoms with van der Waals surface area (Å²) in [5.74, 6) is 0.262. The van der Waals surface area contributed by atoms with Gasteiger partial charge in [0.15, 0.2) is 9.84 Å². The number of anilines is 1. The van der Waals surface area contributed by atoms with Gasteiger partial charge in [0.05, 0.1) is 18.1 Å². The molecule has 2 rings (SSSR count). The largest absolute Gasteiger partial charge is 0.325 e. The van der Waals surface area contributed by atoms with E-state index >= 15 is 0 Å². The number of benzene rings is 1. The molecule has 0 aromatic heterocycles. The molecule has 0 spiro atoms. The molecule has 7 heteroatoms. The van der Waals surface area contributed by atoms with Crippen molar-refractivity contribution in [3.05, 3.63) is 28.7 Å².